The molecule has 5 nitrogen and oxygen atoms in total. The van der Waals surface area contributed by atoms with Gasteiger partial charge in [-0.05, 0) is 6.92 Å². The van der Waals surface area contributed by atoms with Crippen molar-refractivity contribution in [3.05, 3.63) is 0 Å². The van der Waals surface area contributed by atoms with Crippen LogP contribution in [0, 0.1) is 11.3 Å². The minimum absolute atomic E-state index is 0. The van der Waals surface area contributed by atoms with E-state index in [1.54, 1.807) is 6.92 Å². The van der Waals surface area contributed by atoms with E-state index >= 15 is 0 Å². The number of halogens is 2. The van der Waals surface area contributed by atoms with Crippen molar-refractivity contribution in [3.63, 3.8) is 0 Å². The maximum absolute atomic E-state index is 13.1. The van der Waals surface area contributed by atoms with E-state index in [4.69, 9.17) is 15.7 Å². The smallest absolute Gasteiger partial charge is 0.243 e. The van der Waals surface area contributed by atoms with Crippen molar-refractivity contribution in [2.75, 3.05) is 13.7 Å². The van der Waals surface area contributed by atoms with Gasteiger partial charge in [0.05, 0.1) is 18.7 Å². The number of nitrogens with two attached hydrogens (primary N) is 1. The van der Waals surface area contributed by atoms with Crippen molar-refractivity contribution in [1.29, 1.82) is 5.26 Å². The fourth-order valence-corrected chi connectivity index (χ4v) is 1.69. The Morgan fingerprint density at radius 2 is 2.29 bits per heavy atom. The SMILES string of the molecule is CO[C@H](C)[C@H](N)C(=O)N1C[C@@H](F)C[C@H]1C#N.Cl. The molecule has 0 saturated carbocycles. The predicted octanol–water partition coefficient (Wildman–Crippen LogP) is 0.233. The third-order valence-corrected chi connectivity index (χ3v) is 2.84. The normalized spacial score (nSPS) is 26.9. The van der Waals surface area contributed by atoms with E-state index < -0.39 is 30.3 Å². The summed E-state index contributed by atoms with van der Waals surface area (Å²) in [5, 5.41) is 8.80. The molecule has 0 radical (unpaired) electrons. The number of carbonyl (C=O) groups excluding carboxylic acids is 1. The van der Waals surface area contributed by atoms with Gasteiger partial charge in [-0.3, -0.25) is 4.79 Å². The summed E-state index contributed by atoms with van der Waals surface area (Å²) in [6.07, 6.45) is -1.53. The first-order valence-electron chi connectivity index (χ1n) is 5.13. The Labute approximate surface area is 106 Å². The highest BCUT2D eigenvalue weighted by atomic mass is 35.5. The summed E-state index contributed by atoms with van der Waals surface area (Å²) in [4.78, 5) is 13.1. The summed E-state index contributed by atoms with van der Waals surface area (Å²) in [5.74, 6) is -0.430. The molecule has 17 heavy (non-hydrogen) atoms. The van der Waals surface area contributed by atoms with Crippen LogP contribution in [0.5, 0.6) is 0 Å². The first kappa shape index (κ1) is 16.1. The van der Waals surface area contributed by atoms with Crippen molar-refractivity contribution in [3.8, 4) is 6.07 Å². The molecule has 0 bridgehead atoms. The Morgan fingerprint density at radius 1 is 1.71 bits per heavy atom. The fraction of sp³-hybridized carbons (Fsp3) is 0.800. The molecule has 1 fully saturated rings. The third kappa shape index (κ3) is 3.53. The van der Waals surface area contributed by atoms with Crippen molar-refractivity contribution in [2.45, 2.75) is 37.7 Å². The van der Waals surface area contributed by atoms with Gasteiger partial charge in [-0.1, -0.05) is 0 Å². The highest BCUT2D eigenvalue weighted by molar-refractivity contribution is 5.85. The highest BCUT2D eigenvalue weighted by Crippen LogP contribution is 2.21. The zero-order chi connectivity index (χ0) is 12.3. The van der Waals surface area contributed by atoms with Crippen LogP contribution >= 0.6 is 12.4 Å². The molecule has 0 aliphatic carbocycles. The second-order valence-corrected chi connectivity index (χ2v) is 3.94. The molecule has 1 aliphatic heterocycles. The minimum atomic E-state index is -1.14. The number of likely N-dealkylation sites (tertiary alicyclic amines) is 1. The quantitative estimate of drug-likeness (QED) is 0.792. The maximum Gasteiger partial charge on any atom is 0.243 e. The average Bonchev–Trinajstić information content (AvgIpc) is 2.67. The second kappa shape index (κ2) is 6.74. The average molecular weight is 266 g/mol. The van der Waals surface area contributed by atoms with Gasteiger partial charge in [-0.2, -0.15) is 5.26 Å². The molecule has 7 heteroatoms. The summed E-state index contributed by atoms with van der Waals surface area (Å²) in [5.41, 5.74) is 5.67. The molecule has 1 rings (SSSR count). The summed E-state index contributed by atoms with van der Waals surface area (Å²) in [6, 6.07) is 0.340. The highest BCUT2D eigenvalue weighted by Gasteiger charge is 2.38. The van der Waals surface area contributed by atoms with Crippen molar-refractivity contribution in [1.82, 2.24) is 4.90 Å². The van der Waals surface area contributed by atoms with Crippen LogP contribution in [0.15, 0.2) is 0 Å². The number of ether oxygens (including phenoxy) is 1. The van der Waals surface area contributed by atoms with E-state index in [1.807, 2.05) is 6.07 Å². The Morgan fingerprint density at radius 3 is 2.76 bits per heavy atom. The minimum Gasteiger partial charge on any atom is -0.380 e. The molecule has 1 saturated heterocycles. The monoisotopic (exact) mass is 265 g/mol. The van der Waals surface area contributed by atoms with Crippen LogP contribution < -0.4 is 5.73 Å². The molecule has 0 aromatic rings. The zero-order valence-electron chi connectivity index (χ0n) is 9.80. The molecule has 1 amide bonds. The van der Waals surface area contributed by atoms with E-state index in [1.165, 1.54) is 12.0 Å². The van der Waals surface area contributed by atoms with Gasteiger partial charge in [-0.15, -0.1) is 12.4 Å². The number of hydrogen-bond donors (Lipinski definition) is 1. The van der Waals surface area contributed by atoms with Gasteiger partial charge in [-0.25, -0.2) is 4.39 Å². The van der Waals surface area contributed by atoms with Crippen LogP contribution in [-0.4, -0.2) is 48.8 Å². The van der Waals surface area contributed by atoms with Crippen LogP contribution in [0.1, 0.15) is 13.3 Å². The summed E-state index contributed by atoms with van der Waals surface area (Å²) in [7, 11) is 1.45. The van der Waals surface area contributed by atoms with Crippen molar-refractivity contribution >= 4 is 18.3 Å². The lowest BCUT2D eigenvalue weighted by Gasteiger charge is -2.25. The lowest BCUT2D eigenvalue weighted by Crippen LogP contribution is -2.51. The zero-order valence-corrected chi connectivity index (χ0v) is 10.6. The number of nitriles is 1. The van der Waals surface area contributed by atoms with Gasteiger partial charge in [0.15, 0.2) is 0 Å². The van der Waals surface area contributed by atoms with E-state index in [9.17, 15) is 9.18 Å². The summed E-state index contributed by atoms with van der Waals surface area (Å²) >= 11 is 0. The third-order valence-electron chi connectivity index (χ3n) is 2.84. The van der Waals surface area contributed by atoms with Gasteiger partial charge < -0.3 is 15.4 Å². The topological polar surface area (TPSA) is 79.3 Å². The van der Waals surface area contributed by atoms with Gasteiger partial charge in [0.2, 0.25) is 5.91 Å². The molecule has 1 aliphatic rings. The molecule has 0 spiro atoms. The molecule has 4 atom stereocenters. The Hall–Kier alpha value is -0.900. The number of carbonyl (C=O) groups is 1. The van der Waals surface area contributed by atoms with E-state index in [2.05, 4.69) is 0 Å². The first-order valence-corrected chi connectivity index (χ1v) is 5.13. The first-order chi connectivity index (χ1) is 7.51. The Bertz CT molecular complexity index is 310. The lowest BCUT2D eigenvalue weighted by atomic mass is 10.1. The molecular formula is C10H17ClFN3O2. The molecule has 0 aromatic carbocycles. The van der Waals surface area contributed by atoms with Crippen LogP contribution in [0.2, 0.25) is 0 Å². The summed E-state index contributed by atoms with van der Waals surface area (Å²) < 4.78 is 18.0. The maximum atomic E-state index is 13.1. The van der Waals surface area contributed by atoms with Crippen LogP contribution in [0.25, 0.3) is 0 Å². The van der Waals surface area contributed by atoms with E-state index in [0.29, 0.717) is 0 Å². The molecule has 1 heterocycles. The standard InChI is InChI=1S/C10H16FN3O2.ClH/c1-6(16-2)9(13)10(15)14-5-7(11)3-8(14)4-12;/h6-9H,3,5,13H2,1-2H3;1H/t6-,7+,8+,9+;/m1./s1. The lowest BCUT2D eigenvalue weighted by molar-refractivity contribution is -0.135. The predicted molar refractivity (Wildman–Crippen MR) is 62.3 cm³/mol. The summed E-state index contributed by atoms with van der Waals surface area (Å²) in [6.45, 7) is 1.61. The number of amides is 1. The number of nitrogens with zero attached hydrogens (tertiary/aromatic N) is 2. The Kier molecular flexibility index (Phi) is 6.39. The van der Waals surface area contributed by atoms with Crippen LogP contribution in [0.3, 0.4) is 0 Å². The van der Waals surface area contributed by atoms with Crippen LogP contribution in [-0.2, 0) is 9.53 Å². The largest absolute Gasteiger partial charge is 0.380 e. The molecular weight excluding hydrogens is 249 g/mol. The molecule has 98 valence electrons. The van der Waals surface area contributed by atoms with Gasteiger partial charge in [0, 0.05) is 13.5 Å². The van der Waals surface area contributed by atoms with Crippen molar-refractivity contribution in [2.24, 2.45) is 5.73 Å². The second-order valence-electron chi connectivity index (χ2n) is 3.94. The van der Waals surface area contributed by atoms with Gasteiger partial charge in [0.25, 0.3) is 0 Å². The number of alkyl halides is 1. The molecule has 0 unspecified atom stereocenters. The van der Waals surface area contributed by atoms with Gasteiger partial charge >= 0.3 is 0 Å². The van der Waals surface area contributed by atoms with Crippen LogP contribution in [0.4, 0.5) is 4.39 Å². The van der Waals surface area contributed by atoms with E-state index in [-0.39, 0.29) is 25.4 Å². The number of methoxy groups -OCH3 is 1. The van der Waals surface area contributed by atoms with Gasteiger partial charge in [0.1, 0.15) is 18.3 Å². The van der Waals surface area contributed by atoms with E-state index in [0.717, 1.165) is 0 Å². The number of rotatable bonds is 3. The number of hydrogen-bond acceptors (Lipinski definition) is 4. The fourth-order valence-electron chi connectivity index (χ4n) is 1.69. The van der Waals surface area contributed by atoms with Crippen molar-refractivity contribution < 1.29 is 13.9 Å². The Balaban J connectivity index is 0.00000256. The molecule has 0 aromatic heterocycles. The molecule has 2 N–H and O–H groups in total.